The number of halogens is 1. The molecule has 0 saturated carbocycles. The third-order valence-electron chi connectivity index (χ3n) is 5.34. The van der Waals surface area contributed by atoms with Crippen LogP contribution in [0.5, 0.6) is 5.75 Å². The Labute approximate surface area is 163 Å². The molecule has 0 bridgehead atoms. The second-order valence-electron chi connectivity index (χ2n) is 7.33. The predicted molar refractivity (Wildman–Crippen MR) is 101 cm³/mol. The quantitative estimate of drug-likeness (QED) is 0.835. The Morgan fingerprint density at radius 2 is 1.89 bits per heavy atom. The van der Waals surface area contributed by atoms with Crippen LogP contribution in [0.2, 0.25) is 0 Å². The van der Waals surface area contributed by atoms with Gasteiger partial charge in [-0.05, 0) is 37.3 Å². The van der Waals surface area contributed by atoms with Crippen LogP contribution < -0.4 is 10.1 Å². The van der Waals surface area contributed by atoms with Crippen LogP contribution in [0.3, 0.4) is 0 Å². The number of rotatable bonds is 2. The van der Waals surface area contributed by atoms with E-state index in [2.05, 4.69) is 5.32 Å². The first-order valence-corrected chi connectivity index (χ1v) is 10.6. The number of nitrogens with one attached hydrogen (secondary N) is 1. The van der Waals surface area contributed by atoms with Gasteiger partial charge in [0.1, 0.15) is 17.2 Å². The zero-order valence-electron chi connectivity index (χ0n) is 15.4. The van der Waals surface area contributed by atoms with Crippen molar-refractivity contribution in [2.24, 2.45) is 0 Å². The van der Waals surface area contributed by atoms with Gasteiger partial charge in [-0.2, -0.15) is 4.31 Å². The van der Waals surface area contributed by atoms with E-state index in [-0.39, 0.29) is 23.9 Å². The molecule has 1 amide bonds. The summed E-state index contributed by atoms with van der Waals surface area (Å²) in [4.78, 5) is 12.3. The second-order valence-corrected chi connectivity index (χ2v) is 9.27. The van der Waals surface area contributed by atoms with Crippen LogP contribution in [0.25, 0.3) is 0 Å². The van der Waals surface area contributed by atoms with Crippen molar-refractivity contribution >= 4 is 15.9 Å². The monoisotopic (exact) mass is 404 g/mol. The van der Waals surface area contributed by atoms with Crippen molar-refractivity contribution in [2.75, 3.05) is 19.6 Å². The van der Waals surface area contributed by atoms with Gasteiger partial charge < -0.3 is 10.1 Å². The number of hydrogen-bond acceptors (Lipinski definition) is 4. The largest absolute Gasteiger partial charge is 0.484 e. The summed E-state index contributed by atoms with van der Waals surface area (Å²) in [7, 11) is -3.78. The molecule has 0 unspecified atom stereocenters. The molecule has 2 aromatic rings. The molecule has 2 aliphatic heterocycles. The third kappa shape index (κ3) is 3.38. The van der Waals surface area contributed by atoms with Crippen molar-refractivity contribution in [3.05, 3.63) is 59.4 Å². The molecule has 2 aliphatic rings. The summed E-state index contributed by atoms with van der Waals surface area (Å²) in [6.45, 7) is 2.68. The molecule has 0 aliphatic carbocycles. The summed E-state index contributed by atoms with van der Waals surface area (Å²) < 4.78 is 46.7. The average Bonchev–Trinajstić information content (AvgIpc) is 2.80. The van der Waals surface area contributed by atoms with Crippen LogP contribution in [0.1, 0.15) is 28.8 Å². The molecular formula is C20H21FN2O4S. The number of fused-ring (bicyclic) bond motifs is 1. The number of ether oxygens (including phenoxy) is 1. The lowest BCUT2D eigenvalue weighted by Gasteiger charge is -2.40. The van der Waals surface area contributed by atoms with Gasteiger partial charge in [-0.25, -0.2) is 12.8 Å². The fourth-order valence-corrected chi connectivity index (χ4v) is 5.18. The van der Waals surface area contributed by atoms with E-state index in [9.17, 15) is 17.6 Å². The molecule has 1 fully saturated rings. The van der Waals surface area contributed by atoms with E-state index in [0.717, 1.165) is 11.6 Å². The summed E-state index contributed by atoms with van der Waals surface area (Å²) in [5, 5.41) is 2.90. The number of benzene rings is 2. The first-order chi connectivity index (χ1) is 13.3. The van der Waals surface area contributed by atoms with Crippen LogP contribution in [-0.2, 0) is 10.0 Å². The maximum atomic E-state index is 13.5. The molecule has 0 atom stereocenters. The summed E-state index contributed by atoms with van der Waals surface area (Å²) in [5.41, 5.74) is 0.792. The van der Waals surface area contributed by atoms with Crippen molar-refractivity contribution in [1.29, 1.82) is 0 Å². The van der Waals surface area contributed by atoms with E-state index in [4.69, 9.17) is 4.74 Å². The van der Waals surface area contributed by atoms with Gasteiger partial charge >= 0.3 is 0 Å². The molecule has 8 heteroatoms. The Hall–Kier alpha value is -2.45. The minimum absolute atomic E-state index is 0.0561. The van der Waals surface area contributed by atoms with Crippen molar-refractivity contribution in [1.82, 2.24) is 9.62 Å². The Balaban J connectivity index is 1.55. The van der Waals surface area contributed by atoms with Crippen molar-refractivity contribution < 1.29 is 22.3 Å². The second kappa shape index (κ2) is 6.86. The zero-order chi connectivity index (χ0) is 19.9. The van der Waals surface area contributed by atoms with Crippen LogP contribution in [-0.4, -0.2) is 43.9 Å². The molecule has 2 heterocycles. The summed E-state index contributed by atoms with van der Waals surface area (Å²) in [6, 6.07) is 10.5. The number of piperidine rings is 1. The smallest absolute Gasteiger partial charge is 0.255 e. The Morgan fingerprint density at radius 3 is 2.61 bits per heavy atom. The number of amides is 1. The lowest BCUT2D eigenvalue weighted by atomic mass is 9.92. The number of nitrogens with zero attached hydrogens (tertiary/aromatic N) is 1. The van der Waals surface area contributed by atoms with Crippen molar-refractivity contribution in [3.63, 3.8) is 0 Å². The molecule has 2 aromatic carbocycles. The van der Waals surface area contributed by atoms with E-state index < -0.39 is 21.4 Å². The third-order valence-corrected chi connectivity index (χ3v) is 7.24. The first kappa shape index (κ1) is 18.9. The minimum Gasteiger partial charge on any atom is -0.484 e. The highest BCUT2D eigenvalue weighted by Gasteiger charge is 2.42. The highest BCUT2D eigenvalue weighted by Crippen LogP contribution is 2.34. The molecule has 6 nitrogen and oxygen atoms in total. The normalized spacial score (nSPS) is 19.4. The topological polar surface area (TPSA) is 75.7 Å². The van der Waals surface area contributed by atoms with E-state index in [0.29, 0.717) is 30.7 Å². The fourth-order valence-electron chi connectivity index (χ4n) is 3.71. The van der Waals surface area contributed by atoms with Crippen molar-refractivity contribution in [3.8, 4) is 5.75 Å². The van der Waals surface area contributed by atoms with Gasteiger partial charge in [-0.15, -0.1) is 0 Å². The average molecular weight is 404 g/mol. The summed E-state index contributed by atoms with van der Waals surface area (Å²) >= 11 is 0. The Kier molecular flexibility index (Phi) is 4.63. The molecule has 1 N–H and O–H groups in total. The van der Waals surface area contributed by atoms with Crippen LogP contribution in [0.15, 0.2) is 47.4 Å². The zero-order valence-corrected chi connectivity index (χ0v) is 16.3. The lowest BCUT2D eigenvalue weighted by Crippen LogP contribution is -2.54. The van der Waals surface area contributed by atoms with E-state index in [1.165, 1.54) is 22.5 Å². The van der Waals surface area contributed by atoms with Crippen LogP contribution in [0, 0.1) is 12.7 Å². The van der Waals surface area contributed by atoms with Crippen LogP contribution >= 0.6 is 0 Å². The van der Waals surface area contributed by atoms with Gasteiger partial charge in [0.2, 0.25) is 10.0 Å². The van der Waals surface area contributed by atoms with E-state index in [1.54, 1.807) is 12.1 Å². The molecule has 4 rings (SSSR count). The molecule has 1 saturated heterocycles. The molecule has 1 spiro atoms. The Morgan fingerprint density at radius 1 is 1.14 bits per heavy atom. The summed E-state index contributed by atoms with van der Waals surface area (Å²) in [5.74, 6) is -0.260. The van der Waals surface area contributed by atoms with Gasteiger partial charge in [-0.1, -0.05) is 17.7 Å². The van der Waals surface area contributed by atoms with E-state index in [1.807, 2.05) is 13.0 Å². The number of hydrogen-bond donors (Lipinski definition) is 1. The van der Waals surface area contributed by atoms with Gasteiger partial charge in [0.25, 0.3) is 5.91 Å². The number of aryl methyl sites for hydroxylation is 1. The Bertz CT molecular complexity index is 1030. The highest BCUT2D eigenvalue weighted by molar-refractivity contribution is 7.89. The van der Waals surface area contributed by atoms with Gasteiger partial charge in [0, 0.05) is 25.9 Å². The number of carbonyl (C=O) groups is 1. The van der Waals surface area contributed by atoms with Crippen molar-refractivity contribution in [2.45, 2.75) is 30.3 Å². The first-order valence-electron chi connectivity index (χ1n) is 9.13. The highest BCUT2D eigenvalue weighted by atomic mass is 32.2. The number of sulfonamides is 1. The van der Waals surface area contributed by atoms with E-state index >= 15 is 0 Å². The van der Waals surface area contributed by atoms with Gasteiger partial charge in [-0.3, -0.25) is 4.79 Å². The minimum atomic E-state index is -3.78. The standard InChI is InChI=1S/C20H21FN2O4S/c1-14-5-6-18-17(11-14)19(24)22-13-20(27-18)7-9-23(10-8-20)28(25,26)16-4-2-3-15(21)12-16/h2-6,11-12H,7-10,13H2,1H3,(H,22,24). The number of carbonyl (C=O) groups excluding carboxylic acids is 1. The predicted octanol–water partition coefficient (Wildman–Crippen LogP) is 2.48. The molecule has 0 aromatic heterocycles. The maximum absolute atomic E-state index is 13.5. The fraction of sp³-hybridized carbons (Fsp3) is 0.350. The molecule has 148 valence electrons. The molecular weight excluding hydrogens is 383 g/mol. The van der Waals surface area contributed by atoms with Gasteiger partial charge in [0.15, 0.2) is 0 Å². The lowest BCUT2D eigenvalue weighted by molar-refractivity contribution is 0.0246. The maximum Gasteiger partial charge on any atom is 0.255 e. The van der Waals surface area contributed by atoms with Crippen LogP contribution in [0.4, 0.5) is 4.39 Å². The van der Waals surface area contributed by atoms with Gasteiger partial charge in [0.05, 0.1) is 17.0 Å². The summed E-state index contributed by atoms with van der Waals surface area (Å²) in [6.07, 6.45) is 0.851. The SMILES string of the molecule is Cc1ccc2c(c1)C(=O)NCC1(CCN(S(=O)(=O)c3cccc(F)c3)CC1)O2. The molecule has 0 radical (unpaired) electrons. The molecule has 28 heavy (non-hydrogen) atoms.